The lowest BCUT2D eigenvalue weighted by molar-refractivity contribution is 0.0943. The van der Waals surface area contributed by atoms with Crippen LogP contribution < -0.4 is 15.0 Å². The molecule has 20 heavy (non-hydrogen) atoms. The van der Waals surface area contributed by atoms with E-state index in [-0.39, 0.29) is 5.56 Å². The highest BCUT2D eigenvalue weighted by Gasteiger charge is 2.09. The van der Waals surface area contributed by atoms with Gasteiger partial charge in [-0.05, 0) is 42.3 Å². The molecule has 0 radical (unpaired) electrons. The van der Waals surface area contributed by atoms with Crippen molar-refractivity contribution in [1.82, 2.24) is 10.3 Å². The van der Waals surface area contributed by atoms with Crippen LogP contribution in [0.1, 0.15) is 10.4 Å². The molecule has 0 unspecified atom stereocenters. The Labute approximate surface area is 120 Å². The summed E-state index contributed by atoms with van der Waals surface area (Å²) in [5.41, 5.74) is 2.41. The number of halogens is 1. The Hall–Kier alpha value is -2.05. The SMILES string of the molecule is COc1cccc(SNNC(=O)c2ccccc2F)c1. The summed E-state index contributed by atoms with van der Waals surface area (Å²) in [4.78, 5) is 15.3. The fourth-order valence-electron chi connectivity index (χ4n) is 1.51. The number of benzene rings is 2. The Morgan fingerprint density at radius 3 is 2.75 bits per heavy atom. The summed E-state index contributed by atoms with van der Waals surface area (Å²) in [5.74, 6) is -0.367. The zero-order valence-electron chi connectivity index (χ0n) is 10.7. The summed E-state index contributed by atoms with van der Waals surface area (Å²) < 4.78 is 18.5. The van der Waals surface area contributed by atoms with Crippen molar-refractivity contribution in [2.24, 2.45) is 0 Å². The third-order valence-corrected chi connectivity index (χ3v) is 3.19. The van der Waals surface area contributed by atoms with Crippen molar-refractivity contribution in [1.29, 1.82) is 0 Å². The number of hydrogen-bond donors (Lipinski definition) is 2. The van der Waals surface area contributed by atoms with Gasteiger partial charge in [-0.3, -0.25) is 10.2 Å². The minimum atomic E-state index is -0.557. The van der Waals surface area contributed by atoms with Gasteiger partial charge in [-0.2, -0.15) is 4.83 Å². The van der Waals surface area contributed by atoms with Crippen molar-refractivity contribution in [3.05, 3.63) is 59.9 Å². The Balaban J connectivity index is 1.89. The minimum absolute atomic E-state index is 0.00811. The van der Waals surface area contributed by atoms with Gasteiger partial charge in [0.2, 0.25) is 0 Å². The average Bonchev–Trinajstić information content (AvgIpc) is 2.48. The van der Waals surface area contributed by atoms with E-state index in [1.165, 1.54) is 30.1 Å². The number of amides is 1. The van der Waals surface area contributed by atoms with Crippen LogP contribution in [0.15, 0.2) is 53.4 Å². The zero-order valence-corrected chi connectivity index (χ0v) is 11.5. The van der Waals surface area contributed by atoms with E-state index >= 15 is 0 Å². The number of rotatable bonds is 5. The predicted octanol–water partition coefficient (Wildman–Crippen LogP) is 2.78. The summed E-state index contributed by atoms with van der Waals surface area (Å²) in [7, 11) is 1.58. The Bertz CT molecular complexity index is 607. The number of carbonyl (C=O) groups excluding carboxylic acids is 1. The molecule has 0 spiro atoms. The van der Waals surface area contributed by atoms with Crippen LogP contribution >= 0.6 is 11.9 Å². The van der Waals surface area contributed by atoms with Crippen LogP contribution in [0.5, 0.6) is 5.75 Å². The van der Waals surface area contributed by atoms with Gasteiger partial charge in [-0.1, -0.05) is 18.2 Å². The van der Waals surface area contributed by atoms with Crippen molar-refractivity contribution in [3.8, 4) is 5.75 Å². The van der Waals surface area contributed by atoms with E-state index in [1.54, 1.807) is 13.2 Å². The van der Waals surface area contributed by atoms with Crippen molar-refractivity contribution in [2.45, 2.75) is 4.90 Å². The smallest absolute Gasteiger partial charge is 0.269 e. The maximum absolute atomic E-state index is 13.4. The van der Waals surface area contributed by atoms with Crippen LogP contribution in [-0.2, 0) is 0 Å². The number of carbonyl (C=O) groups is 1. The van der Waals surface area contributed by atoms with Crippen LogP contribution in [0.3, 0.4) is 0 Å². The van der Waals surface area contributed by atoms with Gasteiger partial charge in [0.05, 0.1) is 12.7 Å². The van der Waals surface area contributed by atoms with Crippen LogP contribution in [0.25, 0.3) is 0 Å². The molecule has 0 aromatic heterocycles. The molecule has 0 aliphatic heterocycles. The first-order valence-corrected chi connectivity index (χ1v) is 6.63. The van der Waals surface area contributed by atoms with Gasteiger partial charge in [0.15, 0.2) is 0 Å². The summed E-state index contributed by atoms with van der Waals surface area (Å²) in [6, 6.07) is 13.1. The second-order valence-electron chi connectivity index (χ2n) is 3.82. The van der Waals surface area contributed by atoms with E-state index in [0.29, 0.717) is 0 Å². The van der Waals surface area contributed by atoms with E-state index in [4.69, 9.17) is 4.74 Å². The molecule has 4 nitrogen and oxygen atoms in total. The first kappa shape index (κ1) is 14.4. The van der Waals surface area contributed by atoms with Crippen LogP contribution in [0, 0.1) is 5.82 Å². The number of methoxy groups -OCH3 is 1. The molecule has 0 atom stereocenters. The number of hydrogen-bond acceptors (Lipinski definition) is 4. The normalized spacial score (nSPS) is 10.1. The summed E-state index contributed by atoms with van der Waals surface area (Å²) in [6.07, 6.45) is 0. The molecule has 2 aromatic rings. The topological polar surface area (TPSA) is 50.4 Å². The first-order valence-electron chi connectivity index (χ1n) is 5.81. The average molecular weight is 292 g/mol. The number of nitrogens with one attached hydrogen (secondary N) is 2. The van der Waals surface area contributed by atoms with Gasteiger partial charge in [-0.15, -0.1) is 0 Å². The maximum Gasteiger partial charge on any atom is 0.269 e. The van der Waals surface area contributed by atoms with Gasteiger partial charge in [0.25, 0.3) is 5.91 Å². The highest BCUT2D eigenvalue weighted by molar-refractivity contribution is 7.97. The van der Waals surface area contributed by atoms with Gasteiger partial charge >= 0.3 is 0 Å². The van der Waals surface area contributed by atoms with Crippen molar-refractivity contribution in [3.63, 3.8) is 0 Å². The standard InChI is InChI=1S/C14H13FN2O2S/c1-19-10-5-4-6-11(9-10)20-17-16-14(18)12-7-2-3-8-13(12)15/h2-9,17H,1H3,(H,16,18). The number of ether oxygens (including phenoxy) is 1. The molecular weight excluding hydrogens is 279 g/mol. The number of hydrazine groups is 1. The fraction of sp³-hybridized carbons (Fsp3) is 0.0714. The van der Waals surface area contributed by atoms with Crippen molar-refractivity contribution in [2.75, 3.05) is 7.11 Å². The first-order chi connectivity index (χ1) is 9.70. The lowest BCUT2D eigenvalue weighted by Gasteiger charge is -2.08. The molecule has 2 aromatic carbocycles. The summed E-state index contributed by atoms with van der Waals surface area (Å²) >= 11 is 1.19. The van der Waals surface area contributed by atoms with Crippen molar-refractivity contribution < 1.29 is 13.9 Å². The molecule has 0 saturated carbocycles. The van der Waals surface area contributed by atoms with Gasteiger partial charge in [0, 0.05) is 4.90 Å². The lowest BCUT2D eigenvalue weighted by atomic mass is 10.2. The van der Waals surface area contributed by atoms with Crippen LogP contribution in [0.4, 0.5) is 4.39 Å². The molecule has 0 heterocycles. The molecule has 0 fully saturated rings. The molecule has 1 amide bonds. The second-order valence-corrected chi connectivity index (χ2v) is 4.70. The molecule has 2 rings (SSSR count). The molecule has 0 aliphatic carbocycles. The fourth-order valence-corrected chi connectivity index (χ4v) is 2.09. The minimum Gasteiger partial charge on any atom is -0.497 e. The van der Waals surface area contributed by atoms with Crippen LogP contribution in [-0.4, -0.2) is 13.0 Å². The van der Waals surface area contributed by atoms with E-state index in [0.717, 1.165) is 10.6 Å². The van der Waals surface area contributed by atoms with E-state index in [9.17, 15) is 9.18 Å². The van der Waals surface area contributed by atoms with E-state index in [1.807, 2.05) is 24.3 Å². The van der Waals surface area contributed by atoms with E-state index in [2.05, 4.69) is 10.3 Å². The van der Waals surface area contributed by atoms with E-state index < -0.39 is 11.7 Å². The Kier molecular flexibility index (Phi) is 4.97. The zero-order chi connectivity index (χ0) is 14.4. The van der Waals surface area contributed by atoms with Gasteiger partial charge in [-0.25, -0.2) is 4.39 Å². The maximum atomic E-state index is 13.4. The molecule has 104 valence electrons. The third kappa shape index (κ3) is 3.72. The quantitative estimate of drug-likeness (QED) is 0.657. The van der Waals surface area contributed by atoms with Crippen molar-refractivity contribution >= 4 is 17.9 Å². The summed E-state index contributed by atoms with van der Waals surface area (Å²) in [5, 5.41) is 0. The highest BCUT2D eigenvalue weighted by Crippen LogP contribution is 2.19. The molecule has 0 bridgehead atoms. The molecule has 0 aliphatic rings. The monoisotopic (exact) mass is 292 g/mol. The molecule has 6 heteroatoms. The third-order valence-electron chi connectivity index (χ3n) is 2.49. The molecule has 0 saturated heterocycles. The Morgan fingerprint density at radius 1 is 1.20 bits per heavy atom. The largest absolute Gasteiger partial charge is 0.497 e. The molecular formula is C14H13FN2O2S. The lowest BCUT2D eigenvalue weighted by Crippen LogP contribution is -2.33. The van der Waals surface area contributed by atoms with Crippen LogP contribution in [0.2, 0.25) is 0 Å². The summed E-state index contributed by atoms with van der Waals surface area (Å²) in [6.45, 7) is 0. The Morgan fingerprint density at radius 2 is 2.00 bits per heavy atom. The van der Waals surface area contributed by atoms with Gasteiger partial charge in [0.1, 0.15) is 11.6 Å². The predicted molar refractivity (Wildman–Crippen MR) is 75.9 cm³/mol. The molecule has 2 N–H and O–H groups in total. The second kappa shape index (κ2) is 6.93. The van der Waals surface area contributed by atoms with Gasteiger partial charge < -0.3 is 4.74 Å². The highest BCUT2D eigenvalue weighted by atomic mass is 32.2.